The van der Waals surface area contributed by atoms with Crippen molar-refractivity contribution >= 4 is 27.6 Å². The summed E-state index contributed by atoms with van der Waals surface area (Å²) in [7, 11) is 0. The standard InChI is InChI=1S/C11H14BrNO3/c1-3-15-11(14)7(2)16-9-6-4-5-8(13)10(9)12/h4-7H,3,13H2,1-2H3. The number of nitrogen functional groups attached to an aromatic ring is 1. The molecule has 4 nitrogen and oxygen atoms in total. The Kier molecular flexibility index (Phi) is 4.61. The van der Waals surface area contributed by atoms with Crippen LogP contribution >= 0.6 is 15.9 Å². The highest BCUT2D eigenvalue weighted by molar-refractivity contribution is 9.10. The van der Waals surface area contributed by atoms with Crippen molar-refractivity contribution in [2.75, 3.05) is 12.3 Å². The molecule has 0 amide bonds. The van der Waals surface area contributed by atoms with Crippen molar-refractivity contribution in [2.45, 2.75) is 20.0 Å². The van der Waals surface area contributed by atoms with Gasteiger partial charge in [0.25, 0.3) is 0 Å². The molecule has 0 bridgehead atoms. The molecule has 0 fully saturated rings. The van der Waals surface area contributed by atoms with Crippen molar-refractivity contribution in [3.63, 3.8) is 0 Å². The summed E-state index contributed by atoms with van der Waals surface area (Å²) in [5.41, 5.74) is 6.25. The molecule has 1 aromatic rings. The minimum Gasteiger partial charge on any atom is -0.478 e. The fourth-order valence-corrected chi connectivity index (χ4v) is 1.47. The van der Waals surface area contributed by atoms with E-state index in [0.717, 1.165) is 0 Å². The summed E-state index contributed by atoms with van der Waals surface area (Å²) in [6.07, 6.45) is -0.655. The third-order valence-corrected chi connectivity index (χ3v) is 2.76. The van der Waals surface area contributed by atoms with Gasteiger partial charge in [-0.15, -0.1) is 0 Å². The number of carbonyl (C=O) groups excluding carboxylic acids is 1. The van der Waals surface area contributed by atoms with Crippen LogP contribution in [0.25, 0.3) is 0 Å². The topological polar surface area (TPSA) is 61.5 Å². The van der Waals surface area contributed by atoms with Gasteiger partial charge in [-0.1, -0.05) is 6.07 Å². The van der Waals surface area contributed by atoms with Crippen LogP contribution in [0.15, 0.2) is 22.7 Å². The number of hydrogen-bond acceptors (Lipinski definition) is 4. The molecule has 1 unspecified atom stereocenters. The van der Waals surface area contributed by atoms with E-state index in [1.165, 1.54) is 0 Å². The second-order valence-corrected chi connectivity index (χ2v) is 3.96. The normalized spacial score (nSPS) is 11.9. The summed E-state index contributed by atoms with van der Waals surface area (Å²) in [6, 6.07) is 5.23. The molecule has 1 rings (SSSR count). The summed E-state index contributed by atoms with van der Waals surface area (Å²) < 4.78 is 10.9. The molecule has 0 aliphatic rings. The minimum absolute atomic E-state index is 0.338. The van der Waals surface area contributed by atoms with Crippen molar-refractivity contribution in [1.29, 1.82) is 0 Å². The number of benzene rings is 1. The molecule has 0 saturated carbocycles. The van der Waals surface area contributed by atoms with E-state index >= 15 is 0 Å². The van der Waals surface area contributed by atoms with E-state index in [9.17, 15) is 4.79 Å². The fraction of sp³-hybridized carbons (Fsp3) is 0.364. The average molecular weight is 288 g/mol. The van der Waals surface area contributed by atoms with Crippen molar-refractivity contribution in [2.24, 2.45) is 0 Å². The highest BCUT2D eigenvalue weighted by atomic mass is 79.9. The van der Waals surface area contributed by atoms with Crippen molar-refractivity contribution < 1.29 is 14.3 Å². The smallest absolute Gasteiger partial charge is 0.347 e. The monoisotopic (exact) mass is 287 g/mol. The van der Waals surface area contributed by atoms with Crippen LogP contribution in [0.3, 0.4) is 0 Å². The van der Waals surface area contributed by atoms with Gasteiger partial charge in [0.05, 0.1) is 11.1 Å². The van der Waals surface area contributed by atoms with Gasteiger partial charge < -0.3 is 15.2 Å². The van der Waals surface area contributed by atoms with Gasteiger partial charge in [-0.3, -0.25) is 0 Å². The number of ether oxygens (including phenoxy) is 2. The van der Waals surface area contributed by atoms with Crippen LogP contribution in [0.5, 0.6) is 5.75 Å². The molecule has 0 aromatic heterocycles. The molecule has 2 N–H and O–H groups in total. The molecule has 0 aliphatic carbocycles. The third kappa shape index (κ3) is 3.13. The first kappa shape index (κ1) is 12.8. The summed E-state index contributed by atoms with van der Waals surface area (Å²) in [6.45, 7) is 3.72. The number of anilines is 1. The zero-order valence-corrected chi connectivity index (χ0v) is 10.8. The van der Waals surface area contributed by atoms with Gasteiger partial charge in [0, 0.05) is 5.69 Å². The SMILES string of the molecule is CCOC(=O)C(C)Oc1cccc(N)c1Br. The van der Waals surface area contributed by atoms with E-state index in [4.69, 9.17) is 15.2 Å². The Balaban J connectivity index is 2.73. The van der Waals surface area contributed by atoms with Crippen molar-refractivity contribution in [3.05, 3.63) is 22.7 Å². The highest BCUT2D eigenvalue weighted by Crippen LogP contribution is 2.30. The molecule has 16 heavy (non-hydrogen) atoms. The maximum Gasteiger partial charge on any atom is 0.347 e. The van der Waals surface area contributed by atoms with Gasteiger partial charge >= 0.3 is 5.97 Å². The van der Waals surface area contributed by atoms with Crippen LogP contribution in [-0.2, 0) is 9.53 Å². The molecule has 1 aromatic carbocycles. The Morgan fingerprint density at radius 3 is 2.88 bits per heavy atom. The molecule has 0 aliphatic heterocycles. The van der Waals surface area contributed by atoms with E-state index in [1.54, 1.807) is 32.0 Å². The Labute approximate surface area is 103 Å². The molecule has 0 saturated heterocycles. The van der Waals surface area contributed by atoms with Gasteiger partial charge in [0.15, 0.2) is 6.10 Å². The number of halogens is 1. The van der Waals surface area contributed by atoms with Crippen LogP contribution in [-0.4, -0.2) is 18.7 Å². The first-order valence-corrected chi connectivity index (χ1v) is 5.72. The Morgan fingerprint density at radius 2 is 2.25 bits per heavy atom. The molecular weight excluding hydrogens is 274 g/mol. The van der Waals surface area contributed by atoms with Gasteiger partial charge in [0.1, 0.15) is 5.75 Å². The Hall–Kier alpha value is -1.23. The van der Waals surface area contributed by atoms with Gasteiger partial charge in [-0.25, -0.2) is 4.79 Å². The van der Waals surface area contributed by atoms with Crippen molar-refractivity contribution in [1.82, 2.24) is 0 Å². The Bertz CT molecular complexity index is 381. The summed E-state index contributed by atoms with van der Waals surface area (Å²) in [4.78, 5) is 11.3. The van der Waals surface area contributed by atoms with Crippen molar-refractivity contribution in [3.8, 4) is 5.75 Å². The third-order valence-electron chi connectivity index (χ3n) is 1.92. The number of rotatable bonds is 4. The van der Waals surface area contributed by atoms with Crippen LogP contribution in [0, 0.1) is 0 Å². The quantitative estimate of drug-likeness (QED) is 0.682. The lowest BCUT2D eigenvalue weighted by Crippen LogP contribution is -2.26. The minimum atomic E-state index is -0.655. The molecule has 0 spiro atoms. The highest BCUT2D eigenvalue weighted by Gasteiger charge is 2.17. The largest absolute Gasteiger partial charge is 0.478 e. The fourth-order valence-electron chi connectivity index (χ4n) is 1.12. The molecule has 0 radical (unpaired) electrons. The maximum atomic E-state index is 11.3. The molecule has 88 valence electrons. The maximum absolute atomic E-state index is 11.3. The first-order chi connectivity index (χ1) is 7.56. The first-order valence-electron chi connectivity index (χ1n) is 4.93. The van der Waals surface area contributed by atoms with E-state index < -0.39 is 12.1 Å². The number of carbonyl (C=O) groups is 1. The number of esters is 1. The number of nitrogens with two attached hydrogens (primary N) is 1. The lowest BCUT2D eigenvalue weighted by molar-refractivity contribution is -0.150. The molecule has 0 heterocycles. The van der Waals surface area contributed by atoms with Crippen LogP contribution in [0.2, 0.25) is 0 Å². The second-order valence-electron chi connectivity index (χ2n) is 3.17. The van der Waals surface area contributed by atoms with Gasteiger partial charge in [-0.05, 0) is 41.9 Å². The van der Waals surface area contributed by atoms with Crippen LogP contribution in [0.1, 0.15) is 13.8 Å². The molecule has 1 atom stereocenters. The summed E-state index contributed by atoms with van der Waals surface area (Å²) in [5, 5.41) is 0. The molecule has 5 heteroatoms. The predicted molar refractivity (Wildman–Crippen MR) is 65.3 cm³/mol. The Morgan fingerprint density at radius 1 is 1.56 bits per heavy atom. The van der Waals surface area contributed by atoms with E-state index in [-0.39, 0.29) is 0 Å². The zero-order valence-electron chi connectivity index (χ0n) is 9.20. The lowest BCUT2D eigenvalue weighted by atomic mass is 10.3. The van der Waals surface area contributed by atoms with Gasteiger partial charge in [-0.2, -0.15) is 0 Å². The lowest BCUT2D eigenvalue weighted by Gasteiger charge is -2.15. The summed E-state index contributed by atoms with van der Waals surface area (Å²) >= 11 is 3.29. The van der Waals surface area contributed by atoms with E-state index in [1.807, 2.05) is 0 Å². The van der Waals surface area contributed by atoms with Crippen LogP contribution in [0.4, 0.5) is 5.69 Å². The molecular formula is C11H14BrNO3. The van der Waals surface area contributed by atoms with E-state index in [0.29, 0.717) is 22.5 Å². The number of hydrogen-bond donors (Lipinski definition) is 1. The zero-order chi connectivity index (χ0) is 12.1. The van der Waals surface area contributed by atoms with Crippen LogP contribution < -0.4 is 10.5 Å². The predicted octanol–water partition coefficient (Wildman–Crippen LogP) is 2.36. The second kappa shape index (κ2) is 5.75. The van der Waals surface area contributed by atoms with E-state index in [2.05, 4.69) is 15.9 Å². The van der Waals surface area contributed by atoms with Gasteiger partial charge in [0.2, 0.25) is 0 Å². The summed E-state index contributed by atoms with van der Waals surface area (Å²) in [5.74, 6) is 0.136. The average Bonchev–Trinajstić information content (AvgIpc) is 2.25.